The third-order valence-corrected chi connectivity index (χ3v) is 3.15. The number of aromatic nitrogens is 1. The van der Waals surface area contributed by atoms with Crippen LogP contribution in [-0.2, 0) is 4.74 Å². The van der Waals surface area contributed by atoms with E-state index in [0.717, 1.165) is 4.88 Å². The number of nitrogens with two attached hydrogens (primary N) is 1. The molecule has 1 aliphatic rings. The quantitative estimate of drug-likeness (QED) is 0.836. The second-order valence-electron chi connectivity index (χ2n) is 3.31. The second-order valence-corrected chi connectivity index (χ2v) is 4.23. The van der Waals surface area contributed by atoms with E-state index >= 15 is 0 Å². The van der Waals surface area contributed by atoms with Gasteiger partial charge in [0.15, 0.2) is 0 Å². The molecule has 0 bridgehead atoms. The van der Waals surface area contributed by atoms with E-state index in [-0.39, 0.29) is 12.1 Å². The zero-order valence-corrected chi connectivity index (χ0v) is 9.61. The predicted octanol–water partition coefficient (Wildman–Crippen LogP) is 0.623. The minimum atomic E-state index is -0.312. The highest BCUT2D eigenvalue weighted by Gasteiger charge is 2.35. The highest BCUT2D eigenvalue weighted by atomic mass is 32.1. The molecule has 16 heavy (non-hydrogen) atoms. The van der Waals surface area contributed by atoms with Gasteiger partial charge in [-0.05, 0) is 0 Å². The number of amides is 2. The van der Waals surface area contributed by atoms with Gasteiger partial charge in [-0.1, -0.05) is 0 Å². The van der Waals surface area contributed by atoms with Crippen molar-refractivity contribution in [2.45, 2.75) is 6.04 Å². The fourth-order valence-electron chi connectivity index (χ4n) is 1.58. The number of thiazole rings is 1. The van der Waals surface area contributed by atoms with Gasteiger partial charge in [-0.2, -0.15) is 4.99 Å². The van der Waals surface area contributed by atoms with Gasteiger partial charge >= 0.3 is 6.03 Å². The Hall–Kier alpha value is -1.47. The largest absolute Gasteiger partial charge is 0.385 e. The van der Waals surface area contributed by atoms with Crippen molar-refractivity contribution < 1.29 is 9.53 Å². The number of methoxy groups -OCH3 is 1. The number of aliphatic imine (C=N–C) groups is 1. The van der Waals surface area contributed by atoms with Gasteiger partial charge in [0, 0.05) is 19.9 Å². The summed E-state index contributed by atoms with van der Waals surface area (Å²) in [6.45, 7) is 0.936. The first-order chi connectivity index (χ1) is 7.74. The minimum Gasteiger partial charge on any atom is -0.385 e. The van der Waals surface area contributed by atoms with E-state index < -0.39 is 0 Å². The maximum Gasteiger partial charge on any atom is 0.346 e. The number of nitrogens with zero attached hydrogens (tertiary/aromatic N) is 3. The smallest absolute Gasteiger partial charge is 0.346 e. The van der Waals surface area contributed by atoms with Gasteiger partial charge in [0.25, 0.3) is 0 Å². The standard InChI is InChI=1S/C9H12N4O2S/c1-15-3-2-13-7(6-4-11-5-16-6)8(10)12-9(13)14/h4-5,7H,2-3H2,1H3,(H2,10,12,14). The average Bonchev–Trinajstić information content (AvgIpc) is 2.83. The number of hydrogen-bond donors (Lipinski definition) is 1. The molecule has 86 valence electrons. The Balaban J connectivity index is 2.20. The molecule has 0 aliphatic carbocycles. The molecule has 2 rings (SSSR count). The first kappa shape index (κ1) is 11.0. The summed E-state index contributed by atoms with van der Waals surface area (Å²) in [6, 6.07) is -0.594. The van der Waals surface area contributed by atoms with E-state index in [0.29, 0.717) is 19.0 Å². The van der Waals surface area contributed by atoms with E-state index in [9.17, 15) is 4.79 Å². The maximum absolute atomic E-state index is 11.6. The molecule has 0 fully saturated rings. The molecule has 2 N–H and O–H groups in total. The van der Waals surface area contributed by atoms with Crippen LogP contribution in [0.3, 0.4) is 0 Å². The Morgan fingerprint density at radius 1 is 1.69 bits per heavy atom. The van der Waals surface area contributed by atoms with Gasteiger partial charge in [-0.25, -0.2) is 4.79 Å². The fourth-order valence-corrected chi connectivity index (χ4v) is 2.32. The van der Waals surface area contributed by atoms with Gasteiger partial charge < -0.3 is 15.4 Å². The highest BCUT2D eigenvalue weighted by Crippen LogP contribution is 2.28. The summed E-state index contributed by atoms with van der Waals surface area (Å²) < 4.78 is 4.96. The molecule has 7 heteroatoms. The van der Waals surface area contributed by atoms with E-state index in [1.807, 2.05) is 0 Å². The molecule has 1 aliphatic heterocycles. The molecular formula is C9H12N4O2S. The van der Waals surface area contributed by atoms with E-state index in [1.54, 1.807) is 23.7 Å². The predicted molar refractivity (Wildman–Crippen MR) is 60.5 cm³/mol. The Labute approximate surface area is 96.7 Å². The Morgan fingerprint density at radius 2 is 2.50 bits per heavy atom. The Morgan fingerprint density at radius 3 is 3.12 bits per heavy atom. The van der Waals surface area contributed by atoms with Crippen LogP contribution in [0.2, 0.25) is 0 Å². The van der Waals surface area contributed by atoms with Crippen LogP contribution in [-0.4, -0.2) is 42.0 Å². The molecule has 1 unspecified atom stereocenters. The van der Waals surface area contributed by atoms with Crippen molar-refractivity contribution in [3.8, 4) is 0 Å². The lowest BCUT2D eigenvalue weighted by molar-refractivity contribution is 0.151. The molecule has 1 aromatic heterocycles. The van der Waals surface area contributed by atoms with Crippen molar-refractivity contribution in [3.05, 3.63) is 16.6 Å². The average molecular weight is 240 g/mol. The highest BCUT2D eigenvalue weighted by molar-refractivity contribution is 7.09. The molecular weight excluding hydrogens is 228 g/mol. The van der Waals surface area contributed by atoms with Gasteiger partial charge in [0.2, 0.25) is 0 Å². The first-order valence-electron chi connectivity index (χ1n) is 4.76. The number of amidine groups is 1. The number of hydrogen-bond acceptors (Lipinski definition) is 5. The Bertz CT molecular complexity index is 404. The van der Waals surface area contributed by atoms with Gasteiger partial charge in [0.05, 0.1) is 17.0 Å². The molecule has 6 nitrogen and oxygen atoms in total. The first-order valence-corrected chi connectivity index (χ1v) is 5.64. The number of carbonyl (C=O) groups excluding carboxylic acids is 1. The molecule has 2 amide bonds. The summed E-state index contributed by atoms with van der Waals surface area (Å²) in [7, 11) is 1.59. The monoisotopic (exact) mass is 240 g/mol. The van der Waals surface area contributed by atoms with Crippen LogP contribution < -0.4 is 5.73 Å². The minimum absolute atomic E-state index is 0.282. The SMILES string of the molecule is COCCN1C(=O)N=C(N)C1c1cncs1. The lowest BCUT2D eigenvalue weighted by Crippen LogP contribution is -2.35. The van der Waals surface area contributed by atoms with E-state index in [2.05, 4.69) is 9.98 Å². The van der Waals surface area contributed by atoms with Gasteiger partial charge in [-0.15, -0.1) is 11.3 Å². The maximum atomic E-state index is 11.6. The van der Waals surface area contributed by atoms with Crippen molar-refractivity contribution in [1.82, 2.24) is 9.88 Å². The van der Waals surface area contributed by atoms with Crippen LogP contribution in [0, 0.1) is 0 Å². The van der Waals surface area contributed by atoms with E-state index in [4.69, 9.17) is 10.5 Å². The normalized spacial score (nSPS) is 20.3. The zero-order valence-electron chi connectivity index (χ0n) is 8.79. The van der Waals surface area contributed by atoms with Gasteiger partial charge in [-0.3, -0.25) is 4.98 Å². The summed E-state index contributed by atoms with van der Waals surface area (Å²) in [5, 5.41) is 0. The van der Waals surface area contributed by atoms with Crippen LogP contribution in [0.4, 0.5) is 4.79 Å². The number of ether oxygens (including phenoxy) is 1. The zero-order chi connectivity index (χ0) is 11.5. The van der Waals surface area contributed by atoms with Crippen molar-refractivity contribution >= 4 is 23.2 Å². The topological polar surface area (TPSA) is 80.8 Å². The molecule has 0 saturated heterocycles. The van der Waals surface area contributed by atoms with Crippen molar-refractivity contribution in [2.75, 3.05) is 20.3 Å². The van der Waals surface area contributed by atoms with Crippen LogP contribution in [0.25, 0.3) is 0 Å². The molecule has 2 heterocycles. The van der Waals surface area contributed by atoms with Crippen LogP contribution >= 0.6 is 11.3 Å². The molecule has 1 aromatic rings. The van der Waals surface area contributed by atoms with Crippen molar-refractivity contribution in [2.24, 2.45) is 10.7 Å². The van der Waals surface area contributed by atoms with Crippen LogP contribution in [0.15, 0.2) is 16.7 Å². The molecule has 0 aromatic carbocycles. The summed E-state index contributed by atoms with van der Waals surface area (Å²) in [6.07, 6.45) is 1.70. The number of urea groups is 1. The second kappa shape index (κ2) is 4.58. The van der Waals surface area contributed by atoms with Gasteiger partial charge in [0.1, 0.15) is 11.9 Å². The fraction of sp³-hybridized carbons (Fsp3) is 0.444. The summed E-state index contributed by atoms with van der Waals surface area (Å²) in [4.78, 5) is 21.8. The summed E-state index contributed by atoms with van der Waals surface area (Å²) >= 11 is 1.46. The molecule has 1 atom stereocenters. The van der Waals surface area contributed by atoms with E-state index in [1.165, 1.54) is 11.3 Å². The third kappa shape index (κ3) is 1.91. The third-order valence-electron chi connectivity index (χ3n) is 2.32. The molecule has 0 radical (unpaired) electrons. The lowest BCUT2D eigenvalue weighted by Gasteiger charge is -2.22. The summed E-state index contributed by atoms with van der Waals surface area (Å²) in [5.74, 6) is 0.324. The molecule has 0 spiro atoms. The van der Waals surface area contributed by atoms with Crippen molar-refractivity contribution in [1.29, 1.82) is 0 Å². The van der Waals surface area contributed by atoms with Crippen LogP contribution in [0.1, 0.15) is 10.9 Å². The van der Waals surface area contributed by atoms with Crippen LogP contribution in [0.5, 0.6) is 0 Å². The number of rotatable bonds is 4. The molecule has 0 saturated carbocycles. The Kier molecular flexibility index (Phi) is 3.16. The van der Waals surface area contributed by atoms with Crippen molar-refractivity contribution in [3.63, 3.8) is 0 Å². The summed E-state index contributed by atoms with van der Waals surface area (Å²) in [5.41, 5.74) is 7.46. The number of carbonyl (C=O) groups is 1. The lowest BCUT2D eigenvalue weighted by atomic mass is 10.2.